The number of aryl methyl sites for hydroxylation is 1. The summed E-state index contributed by atoms with van der Waals surface area (Å²) in [6.07, 6.45) is 1.42. The van der Waals surface area contributed by atoms with Crippen LogP contribution < -0.4 is 4.74 Å². The van der Waals surface area contributed by atoms with Crippen LogP contribution in [-0.2, 0) is 0 Å². The van der Waals surface area contributed by atoms with E-state index in [0.29, 0.717) is 23.1 Å². The molecule has 0 radical (unpaired) electrons. The summed E-state index contributed by atoms with van der Waals surface area (Å²) in [5.41, 5.74) is 1.79. The number of ether oxygens (including phenoxy) is 1. The van der Waals surface area contributed by atoms with Gasteiger partial charge in [0.15, 0.2) is 0 Å². The van der Waals surface area contributed by atoms with Crippen molar-refractivity contribution in [2.45, 2.75) is 25.7 Å². The zero-order valence-corrected chi connectivity index (χ0v) is 14.9. The molecular weight excluding hydrogens is 353 g/mol. The second kappa shape index (κ2) is 8.45. The summed E-state index contributed by atoms with van der Waals surface area (Å²) in [7, 11) is 0. The van der Waals surface area contributed by atoms with E-state index in [0.717, 1.165) is 28.3 Å². The fraction of sp³-hybridized carbons (Fsp3) is 0.278. The molecule has 23 heavy (non-hydrogen) atoms. The Morgan fingerprint density at radius 2 is 1.87 bits per heavy atom. The number of nitrogens with zero attached hydrogens (tertiary/aromatic N) is 1. The van der Waals surface area contributed by atoms with Crippen molar-refractivity contribution in [3.8, 4) is 11.8 Å². The van der Waals surface area contributed by atoms with Gasteiger partial charge in [0.25, 0.3) is 0 Å². The molecule has 0 saturated carbocycles. The quantitative estimate of drug-likeness (QED) is 0.551. The molecule has 0 N–H and O–H groups in total. The Kier molecular flexibility index (Phi) is 6.59. The second-order valence-corrected chi connectivity index (χ2v) is 6.50. The van der Waals surface area contributed by atoms with Gasteiger partial charge in [-0.15, -0.1) is 0 Å². The van der Waals surface area contributed by atoms with Gasteiger partial charge in [0.2, 0.25) is 0 Å². The van der Waals surface area contributed by atoms with E-state index in [1.807, 2.05) is 31.2 Å². The predicted octanol–water partition coefficient (Wildman–Crippen LogP) is 6.42. The summed E-state index contributed by atoms with van der Waals surface area (Å²) in [6.45, 7) is 2.47. The van der Waals surface area contributed by atoms with Gasteiger partial charge in [-0.2, -0.15) is 5.26 Å². The van der Waals surface area contributed by atoms with Crippen molar-refractivity contribution in [2.24, 2.45) is 0 Å². The van der Waals surface area contributed by atoms with Crippen molar-refractivity contribution >= 4 is 34.8 Å². The van der Waals surface area contributed by atoms with Gasteiger partial charge in [-0.1, -0.05) is 40.9 Å². The van der Waals surface area contributed by atoms with E-state index in [4.69, 9.17) is 39.5 Å². The first-order valence-electron chi connectivity index (χ1n) is 7.25. The molecule has 2 nitrogen and oxygen atoms in total. The number of hydrogen-bond donors (Lipinski definition) is 0. The molecule has 0 spiro atoms. The fourth-order valence-electron chi connectivity index (χ4n) is 2.26. The first-order chi connectivity index (χ1) is 11.0. The molecule has 0 bridgehead atoms. The van der Waals surface area contributed by atoms with Gasteiger partial charge in [0.05, 0.1) is 18.6 Å². The molecule has 2 rings (SSSR count). The molecule has 1 unspecified atom stereocenters. The lowest BCUT2D eigenvalue weighted by atomic mass is 9.96. The molecule has 0 aliphatic rings. The molecule has 1 atom stereocenters. The molecule has 0 amide bonds. The largest absolute Gasteiger partial charge is 0.494 e. The first-order valence-corrected chi connectivity index (χ1v) is 8.38. The van der Waals surface area contributed by atoms with E-state index in [9.17, 15) is 5.26 Å². The van der Waals surface area contributed by atoms with Gasteiger partial charge in [0, 0.05) is 15.1 Å². The maximum absolute atomic E-state index is 9.36. The Bertz CT molecular complexity index is 725. The van der Waals surface area contributed by atoms with E-state index >= 15 is 0 Å². The second-order valence-electron chi connectivity index (χ2n) is 5.25. The average molecular weight is 369 g/mol. The highest BCUT2D eigenvalue weighted by Crippen LogP contribution is 2.30. The first kappa shape index (κ1) is 17.9. The van der Waals surface area contributed by atoms with Crippen LogP contribution in [0.2, 0.25) is 15.1 Å². The lowest BCUT2D eigenvalue weighted by Gasteiger charge is -2.12. The van der Waals surface area contributed by atoms with E-state index < -0.39 is 0 Å². The van der Waals surface area contributed by atoms with Crippen LogP contribution >= 0.6 is 34.8 Å². The highest BCUT2D eigenvalue weighted by Gasteiger charge is 2.14. The molecule has 0 fully saturated rings. The molecule has 5 heteroatoms. The van der Waals surface area contributed by atoms with Gasteiger partial charge < -0.3 is 4.74 Å². The molecule has 0 saturated heterocycles. The third-order valence-electron chi connectivity index (χ3n) is 3.53. The van der Waals surface area contributed by atoms with Gasteiger partial charge in [0.1, 0.15) is 5.75 Å². The standard InChI is InChI=1S/C18H16Cl3NO/c1-12-9-15(5-7-17(12)20)23-8-2-3-13(11-22)16-6-4-14(19)10-18(16)21/h4-7,9-10,13H,2-3,8H2,1H3. The highest BCUT2D eigenvalue weighted by molar-refractivity contribution is 6.35. The Labute approximate surface area is 151 Å². The molecule has 120 valence electrons. The zero-order valence-electron chi connectivity index (χ0n) is 12.7. The van der Waals surface area contributed by atoms with Crippen molar-refractivity contribution in [1.29, 1.82) is 5.26 Å². The van der Waals surface area contributed by atoms with Crippen LogP contribution in [0.5, 0.6) is 5.75 Å². The van der Waals surface area contributed by atoms with Crippen molar-refractivity contribution in [3.05, 3.63) is 62.6 Å². The van der Waals surface area contributed by atoms with Gasteiger partial charge in [-0.3, -0.25) is 0 Å². The summed E-state index contributed by atoms with van der Waals surface area (Å²) in [4.78, 5) is 0. The minimum absolute atomic E-state index is 0.268. The Hall–Kier alpha value is -1.40. The van der Waals surface area contributed by atoms with Crippen LogP contribution in [0.3, 0.4) is 0 Å². The SMILES string of the molecule is Cc1cc(OCCCC(C#N)c2ccc(Cl)cc2Cl)ccc1Cl. The highest BCUT2D eigenvalue weighted by atomic mass is 35.5. The fourth-order valence-corrected chi connectivity index (χ4v) is 2.92. The van der Waals surface area contributed by atoms with Crippen LogP contribution in [0.15, 0.2) is 36.4 Å². The summed E-state index contributed by atoms with van der Waals surface area (Å²) < 4.78 is 5.70. The molecular formula is C18H16Cl3NO. The summed E-state index contributed by atoms with van der Waals surface area (Å²) in [5, 5.41) is 11.2. The van der Waals surface area contributed by atoms with Crippen molar-refractivity contribution < 1.29 is 4.74 Å². The third kappa shape index (κ3) is 5.04. The number of rotatable bonds is 6. The third-order valence-corrected chi connectivity index (χ3v) is 4.52. The predicted molar refractivity (Wildman–Crippen MR) is 95.7 cm³/mol. The molecule has 2 aromatic carbocycles. The summed E-state index contributed by atoms with van der Waals surface area (Å²) in [6, 6.07) is 13.1. The van der Waals surface area contributed by atoms with E-state index in [2.05, 4.69) is 6.07 Å². The lowest BCUT2D eigenvalue weighted by Crippen LogP contribution is -2.03. The molecule has 2 aromatic rings. The van der Waals surface area contributed by atoms with Crippen molar-refractivity contribution in [3.63, 3.8) is 0 Å². The zero-order chi connectivity index (χ0) is 16.8. The topological polar surface area (TPSA) is 33.0 Å². The molecule has 0 aromatic heterocycles. The average Bonchev–Trinajstić information content (AvgIpc) is 2.52. The maximum Gasteiger partial charge on any atom is 0.119 e. The van der Waals surface area contributed by atoms with E-state index in [1.165, 1.54) is 0 Å². The van der Waals surface area contributed by atoms with Crippen LogP contribution in [0.1, 0.15) is 29.9 Å². The van der Waals surface area contributed by atoms with Gasteiger partial charge in [-0.25, -0.2) is 0 Å². The Morgan fingerprint density at radius 3 is 2.52 bits per heavy atom. The minimum Gasteiger partial charge on any atom is -0.494 e. The number of halogens is 3. The van der Waals surface area contributed by atoms with Crippen molar-refractivity contribution in [2.75, 3.05) is 6.61 Å². The number of nitriles is 1. The Morgan fingerprint density at radius 1 is 1.09 bits per heavy atom. The van der Waals surface area contributed by atoms with Crippen LogP contribution in [0.4, 0.5) is 0 Å². The smallest absolute Gasteiger partial charge is 0.119 e. The maximum atomic E-state index is 9.36. The van der Waals surface area contributed by atoms with E-state index in [-0.39, 0.29) is 5.92 Å². The molecule has 0 aliphatic carbocycles. The molecule has 0 heterocycles. The van der Waals surface area contributed by atoms with Crippen molar-refractivity contribution in [1.82, 2.24) is 0 Å². The van der Waals surface area contributed by atoms with Crippen LogP contribution in [-0.4, -0.2) is 6.61 Å². The lowest BCUT2D eigenvalue weighted by molar-refractivity contribution is 0.305. The van der Waals surface area contributed by atoms with Crippen LogP contribution in [0.25, 0.3) is 0 Å². The number of hydrogen-bond acceptors (Lipinski definition) is 2. The summed E-state index contributed by atoms with van der Waals surface area (Å²) >= 11 is 18.0. The number of benzene rings is 2. The van der Waals surface area contributed by atoms with E-state index in [1.54, 1.807) is 12.1 Å². The normalized spacial score (nSPS) is 11.8. The monoisotopic (exact) mass is 367 g/mol. The minimum atomic E-state index is -0.268. The van der Waals surface area contributed by atoms with Crippen LogP contribution in [0, 0.1) is 18.3 Å². The Balaban J connectivity index is 1.89. The van der Waals surface area contributed by atoms with Gasteiger partial charge >= 0.3 is 0 Å². The summed E-state index contributed by atoms with van der Waals surface area (Å²) in [5.74, 6) is 0.514. The molecule has 0 aliphatic heterocycles. The van der Waals surface area contributed by atoms with Gasteiger partial charge in [-0.05, 0) is 61.2 Å².